The van der Waals surface area contributed by atoms with Gasteiger partial charge in [0.15, 0.2) is 0 Å². The summed E-state index contributed by atoms with van der Waals surface area (Å²) in [6, 6.07) is 6.46. The van der Waals surface area contributed by atoms with Gasteiger partial charge in [-0.15, -0.1) is 0 Å². The van der Waals surface area contributed by atoms with Crippen molar-refractivity contribution in [1.82, 2.24) is 5.32 Å². The van der Waals surface area contributed by atoms with Crippen LogP contribution in [0.1, 0.15) is 19.3 Å². The Morgan fingerprint density at radius 3 is 2.73 bits per heavy atom. The molecule has 0 unspecified atom stereocenters. The lowest BCUT2D eigenvalue weighted by Gasteiger charge is -2.17. The lowest BCUT2D eigenvalue weighted by atomic mass is 10.2. The molecule has 0 aromatic heterocycles. The molecule has 1 N–H and O–H groups in total. The molecule has 22 heavy (non-hydrogen) atoms. The standard InChI is InChI=1S/C16H20N2O4/c1-21-12-6-4-11(5-7-12)18-15(19)9-14(16(18)20)17-10-13-3-2-8-22-13/h4-7,13-14,17H,2-3,8-10H2,1H3/t13-,14+/m0/s1. The van der Waals surface area contributed by atoms with E-state index in [2.05, 4.69) is 5.32 Å². The van der Waals surface area contributed by atoms with E-state index in [1.807, 2.05) is 0 Å². The normalized spacial score (nSPS) is 25.0. The van der Waals surface area contributed by atoms with E-state index in [1.165, 1.54) is 4.90 Å². The molecule has 2 aliphatic rings. The Kier molecular flexibility index (Phi) is 4.40. The quantitative estimate of drug-likeness (QED) is 0.825. The van der Waals surface area contributed by atoms with Crippen LogP contribution in [-0.4, -0.2) is 44.2 Å². The fourth-order valence-electron chi connectivity index (χ4n) is 2.87. The molecule has 2 heterocycles. The third-order valence-corrected chi connectivity index (χ3v) is 4.09. The maximum atomic E-state index is 12.4. The van der Waals surface area contributed by atoms with Crippen LogP contribution in [0.2, 0.25) is 0 Å². The molecule has 2 saturated heterocycles. The average molecular weight is 304 g/mol. The molecular formula is C16H20N2O4. The van der Waals surface area contributed by atoms with E-state index < -0.39 is 6.04 Å². The number of benzene rings is 1. The summed E-state index contributed by atoms with van der Waals surface area (Å²) in [6.45, 7) is 1.39. The van der Waals surface area contributed by atoms with Crippen LogP contribution in [0.3, 0.4) is 0 Å². The maximum absolute atomic E-state index is 12.4. The van der Waals surface area contributed by atoms with Gasteiger partial charge in [0.2, 0.25) is 5.91 Å². The summed E-state index contributed by atoms with van der Waals surface area (Å²) in [7, 11) is 1.58. The van der Waals surface area contributed by atoms with Crippen molar-refractivity contribution in [2.24, 2.45) is 0 Å². The first-order valence-corrected chi connectivity index (χ1v) is 7.55. The van der Waals surface area contributed by atoms with Crippen LogP contribution in [0.4, 0.5) is 5.69 Å². The number of imide groups is 1. The molecule has 0 radical (unpaired) electrons. The third-order valence-electron chi connectivity index (χ3n) is 4.09. The third kappa shape index (κ3) is 2.98. The first-order valence-electron chi connectivity index (χ1n) is 7.55. The minimum absolute atomic E-state index is 0.151. The minimum Gasteiger partial charge on any atom is -0.497 e. The largest absolute Gasteiger partial charge is 0.497 e. The second-order valence-electron chi connectivity index (χ2n) is 5.57. The molecule has 6 heteroatoms. The second-order valence-corrected chi connectivity index (χ2v) is 5.57. The number of anilines is 1. The first kappa shape index (κ1) is 15.0. The van der Waals surface area contributed by atoms with Crippen LogP contribution in [0.15, 0.2) is 24.3 Å². The van der Waals surface area contributed by atoms with Crippen molar-refractivity contribution in [2.75, 3.05) is 25.2 Å². The van der Waals surface area contributed by atoms with Crippen LogP contribution in [-0.2, 0) is 14.3 Å². The van der Waals surface area contributed by atoms with Crippen molar-refractivity contribution in [3.05, 3.63) is 24.3 Å². The van der Waals surface area contributed by atoms with Gasteiger partial charge in [-0.2, -0.15) is 0 Å². The summed E-state index contributed by atoms with van der Waals surface area (Å²) >= 11 is 0. The molecule has 118 valence electrons. The Morgan fingerprint density at radius 1 is 1.32 bits per heavy atom. The molecule has 1 aromatic rings. The van der Waals surface area contributed by atoms with Gasteiger partial charge in [-0.1, -0.05) is 0 Å². The number of amides is 2. The molecule has 2 fully saturated rings. The Hall–Kier alpha value is -1.92. The average Bonchev–Trinajstić information content (AvgIpc) is 3.14. The number of hydrogen-bond acceptors (Lipinski definition) is 5. The van der Waals surface area contributed by atoms with Crippen molar-refractivity contribution < 1.29 is 19.1 Å². The van der Waals surface area contributed by atoms with Gasteiger partial charge >= 0.3 is 0 Å². The van der Waals surface area contributed by atoms with Crippen molar-refractivity contribution in [3.8, 4) is 5.75 Å². The molecular weight excluding hydrogens is 284 g/mol. The molecule has 0 spiro atoms. The van der Waals surface area contributed by atoms with Crippen LogP contribution >= 0.6 is 0 Å². The monoisotopic (exact) mass is 304 g/mol. The van der Waals surface area contributed by atoms with Gasteiger partial charge < -0.3 is 14.8 Å². The fourth-order valence-corrected chi connectivity index (χ4v) is 2.87. The van der Waals surface area contributed by atoms with Crippen molar-refractivity contribution in [2.45, 2.75) is 31.4 Å². The Morgan fingerprint density at radius 2 is 2.09 bits per heavy atom. The molecule has 3 rings (SSSR count). The number of rotatable bonds is 5. The van der Waals surface area contributed by atoms with Gasteiger partial charge in [-0.25, -0.2) is 4.90 Å². The summed E-state index contributed by atoms with van der Waals surface area (Å²) < 4.78 is 10.6. The SMILES string of the molecule is COc1ccc(N2C(=O)C[C@@H](NC[C@@H]3CCCO3)C2=O)cc1. The number of ether oxygens (including phenoxy) is 2. The van der Waals surface area contributed by atoms with Crippen molar-refractivity contribution >= 4 is 17.5 Å². The van der Waals surface area contributed by atoms with E-state index in [-0.39, 0.29) is 24.3 Å². The Balaban J connectivity index is 1.65. The molecule has 6 nitrogen and oxygen atoms in total. The number of nitrogens with one attached hydrogen (secondary N) is 1. The van der Waals surface area contributed by atoms with Crippen LogP contribution in [0, 0.1) is 0 Å². The summed E-state index contributed by atoms with van der Waals surface area (Å²) in [5.41, 5.74) is 0.581. The van der Waals surface area contributed by atoms with Crippen LogP contribution in [0.25, 0.3) is 0 Å². The number of nitrogens with zero attached hydrogens (tertiary/aromatic N) is 1. The molecule has 2 amide bonds. The number of carbonyl (C=O) groups excluding carboxylic acids is 2. The zero-order valence-corrected chi connectivity index (χ0v) is 12.6. The smallest absolute Gasteiger partial charge is 0.251 e. The number of carbonyl (C=O) groups is 2. The molecule has 0 aliphatic carbocycles. The summed E-state index contributed by atoms with van der Waals surface area (Å²) in [4.78, 5) is 25.8. The Labute approximate surface area is 129 Å². The minimum atomic E-state index is -0.459. The van der Waals surface area contributed by atoms with Crippen molar-refractivity contribution in [3.63, 3.8) is 0 Å². The highest BCUT2D eigenvalue weighted by Crippen LogP contribution is 2.25. The van der Waals surface area contributed by atoms with Crippen LogP contribution < -0.4 is 15.0 Å². The zero-order valence-electron chi connectivity index (χ0n) is 12.6. The van der Waals surface area contributed by atoms with Gasteiger partial charge in [0.1, 0.15) is 5.75 Å². The van der Waals surface area contributed by atoms with Crippen molar-refractivity contribution in [1.29, 1.82) is 0 Å². The van der Waals surface area contributed by atoms with E-state index in [0.717, 1.165) is 19.4 Å². The summed E-state index contributed by atoms with van der Waals surface area (Å²) in [5.74, 6) is 0.309. The van der Waals surface area contributed by atoms with Gasteiger partial charge in [0, 0.05) is 13.2 Å². The second kappa shape index (κ2) is 6.46. The van der Waals surface area contributed by atoms with Gasteiger partial charge in [-0.3, -0.25) is 9.59 Å². The lowest BCUT2D eigenvalue weighted by molar-refractivity contribution is -0.121. The summed E-state index contributed by atoms with van der Waals surface area (Å²) in [5, 5.41) is 3.16. The zero-order chi connectivity index (χ0) is 15.5. The van der Waals surface area contributed by atoms with E-state index in [4.69, 9.17) is 9.47 Å². The molecule has 2 aliphatic heterocycles. The highest BCUT2D eigenvalue weighted by atomic mass is 16.5. The highest BCUT2D eigenvalue weighted by Gasteiger charge is 2.39. The summed E-state index contributed by atoms with van der Waals surface area (Å²) in [6.07, 6.45) is 2.40. The van der Waals surface area contributed by atoms with E-state index in [9.17, 15) is 9.59 Å². The molecule has 2 atom stereocenters. The fraction of sp³-hybridized carbons (Fsp3) is 0.500. The number of hydrogen-bond donors (Lipinski definition) is 1. The van der Waals surface area contributed by atoms with Crippen LogP contribution in [0.5, 0.6) is 5.75 Å². The lowest BCUT2D eigenvalue weighted by Crippen LogP contribution is -2.41. The van der Waals surface area contributed by atoms with E-state index in [0.29, 0.717) is 18.0 Å². The number of methoxy groups -OCH3 is 1. The predicted molar refractivity (Wildman–Crippen MR) is 80.9 cm³/mol. The topological polar surface area (TPSA) is 67.9 Å². The highest BCUT2D eigenvalue weighted by molar-refractivity contribution is 6.22. The van der Waals surface area contributed by atoms with Gasteiger partial charge in [0.05, 0.1) is 31.4 Å². The predicted octanol–water partition coefficient (Wildman–Crippen LogP) is 1.10. The first-order chi connectivity index (χ1) is 10.7. The van der Waals surface area contributed by atoms with E-state index in [1.54, 1.807) is 31.4 Å². The Bertz CT molecular complexity index is 552. The maximum Gasteiger partial charge on any atom is 0.251 e. The molecule has 0 saturated carbocycles. The van der Waals surface area contributed by atoms with Gasteiger partial charge in [0.25, 0.3) is 5.91 Å². The van der Waals surface area contributed by atoms with E-state index >= 15 is 0 Å². The van der Waals surface area contributed by atoms with Gasteiger partial charge in [-0.05, 0) is 37.1 Å². The molecule has 0 bridgehead atoms. The molecule has 1 aromatic carbocycles.